The second-order valence-corrected chi connectivity index (χ2v) is 21.2. The number of hydrogen-bond acceptors (Lipinski definition) is 17. The monoisotopic (exact) mass is 884 g/mol. The van der Waals surface area contributed by atoms with Crippen LogP contribution >= 0.6 is 0 Å². The maximum absolute atomic E-state index is 12.0. The quantitative estimate of drug-likeness (QED) is 0.155. The summed E-state index contributed by atoms with van der Waals surface area (Å²) in [5, 5.41) is 96.7. The van der Waals surface area contributed by atoms with Crippen LogP contribution in [-0.4, -0.2) is 175 Å². The van der Waals surface area contributed by atoms with Crippen molar-refractivity contribution in [3.8, 4) is 0 Å². The summed E-state index contributed by atoms with van der Waals surface area (Å²) in [5.41, 5.74) is 1.37. The highest BCUT2D eigenvalue weighted by atomic mass is 16.8. The number of fused-ring (bicyclic) bond motifs is 7. The highest BCUT2D eigenvalue weighted by Gasteiger charge is 2.69. The van der Waals surface area contributed by atoms with Crippen molar-refractivity contribution in [3.63, 3.8) is 0 Å². The summed E-state index contributed by atoms with van der Waals surface area (Å²) in [6, 6.07) is 0. The smallest absolute Gasteiger partial charge is 0.187 e. The molecule has 1 spiro atoms. The molecule has 0 aromatic rings. The van der Waals surface area contributed by atoms with Gasteiger partial charge in [-0.3, -0.25) is 0 Å². The zero-order chi connectivity index (χ0) is 44.4. The number of aliphatic hydroxyl groups is 9. The highest BCUT2D eigenvalue weighted by molar-refractivity contribution is 5.26. The van der Waals surface area contributed by atoms with Crippen LogP contribution in [0, 0.1) is 46.3 Å². The Labute approximate surface area is 363 Å². The molecular weight excluding hydrogens is 812 g/mol. The molecule has 0 amide bonds. The summed E-state index contributed by atoms with van der Waals surface area (Å²) in [6.45, 7) is 12.0. The number of allylic oxidation sites excluding steroid dienone is 1. The van der Waals surface area contributed by atoms with Crippen molar-refractivity contribution in [1.29, 1.82) is 0 Å². The highest BCUT2D eigenvalue weighted by Crippen LogP contribution is 2.70. The van der Waals surface area contributed by atoms with Crippen LogP contribution in [0.2, 0.25) is 0 Å². The van der Waals surface area contributed by atoms with Crippen LogP contribution in [-0.2, 0) is 37.9 Å². The zero-order valence-corrected chi connectivity index (χ0v) is 36.8. The van der Waals surface area contributed by atoms with E-state index in [1.807, 2.05) is 6.92 Å². The molecule has 0 aromatic carbocycles. The zero-order valence-electron chi connectivity index (χ0n) is 36.8. The van der Waals surface area contributed by atoms with E-state index in [1.165, 1.54) is 19.4 Å². The van der Waals surface area contributed by atoms with Crippen molar-refractivity contribution < 1.29 is 83.9 Å². The molecule has 0 aromatic heterocycles. The molecule has 62 heavy (non-hydrogen) atoms. The topological polar surface area (TPSA) is 256 Å². The fourth-order valence-electron chi connectivity index (χ4n) is 14.0. The van der Waals surface area contributed by atoms with E-state index in [4.69, 9.17) is 37.9 Å². The van der Waals surface area contributed by atoms with Gasteiger partial charge in [-0.05, 0) is 93.3 Å². The van der Waals surface area contributed by atoms with Gasteiger partial charge in [0.05, 0.1) is 43.7 Å². The lowest BCUT2D eigenvalue weighted by Gasteiger charge is -2.59. The molecule has 5 aliphatic heterocycles. The number of hydrogen-bond donors (Lipinski definition) is 9. The minimum absolute atomic E-state index is 0.0547. The second kappa shape index (κ2) is 17.0. The van der Waals surface area contributed by atoms with Crippen molar-refractivity contribution in [2.45, 2.75) is 209 Å². The molecule has 17 heteroatoms. The van der Waals surface area contributed by atoms with E-state index in [-0.39, 0.29) is 34.9 Å². The van der Waals surface area contributed by atoms with E-state index in [9.17, 15) is 46.0 Å². The Morgan fingerprint density at radius 2 is 1.35 bits per heavy atom. The van der Waals surface area contributed by atoms with Crippen molar-refractivity contribution in [2.75, 3.05) is 13.2 Å². The van der Waals surface area contributed by atoms with E-state index >= 15 is 0 Å². The molecule has 17 nitrogen and oxygen atoms in total. The van der Waals surface area contributed by atoms with Crippen LogP contribution in [0.5, 0.6) is 0 Å². The third-order valence-electron chi connectivity index (χ3n) is 17.8. The lowest BCUT2D eigenvalue weighted by Crippen LogP contribution is -2.66. The fraction of sp³-hybridized carbons (Fsp3) is 0.956. The average Bonchev–Trinajstić information content (AvgIpc) is 3.69. The molecule has 9 rings (SSSR count). The first-order chi connectivity index (χ1) is 29.3. The molecule has 354 valence electrons. The average molecular weight is 885 g/mol. The van der Waals surface area contributed by atoms with Gasteiger partial charge in [-0.25, -0.2) is 0 Å². The third kappa shape index (κ3) is 7.40. The van der Waals surface area contributed by atoms with Gasteiger partial charge in [-0.15, -0.1) is 0 Å². The Kier molecular flexibility index (Phi) is 12.7. The molecule has 8 fully saturated rings. The van der Waals surface area contributed by atoms with Crippen molar-refractivity contribution in [1.82, 2.24) is 0 Å². The Balaban J connectivity index is 0.915. The lowest BCUT2D eigenvalue weighted by molar-refractivity contribution is -0.388. The van der Waals surface area contributed by atoms with Gasteiger partial charge in [0.2, 0.25) is 0 Å². The predicted molar refractivity (Wildman–Crippen MR) is 214 cm³/mol. The summed E-state index contributed by atoms with van der Waals surface area (Å²) in [6.07, 6.45) is -13.1. The molecule has 5 heterocycles. The Bertz CT molecular complexity index is 1640. The molecular formula is C45H72O17. The molecule has 4 aliphatic carbocycles. The van der Waals surface area contributed by atoms with Gasteiger partial charge in [0.25, 0.3) is 0 Å². The van der Waals surface area contributed by atoms with E-state index in [1.54, 1.807) is 0 Å². The van der Waals surface area contributed by atoms with Gasteiger partial charge in [-0.2, -0.15) is 0 Å². The molecule has 9 N–H and O–H groups in total. The Hall–Kier alpha value is -0.940. The largest absolute Gasteiger partial charge is 0.394 e. The first kappa shape index (κ1) is 46.2. The lowest BCUT2D eigenvalue weighted by atomic mass is 9.47. The maximum atomic E-state index is 12.0. The number of rotatable bonds is 7. The molecule has 5 saturated heterocycles. The summed E-state index contributed by atoms with van der Waals surface area (Å²) in [7, 11) is 0. The predicted octanol–water partition coefficient (Wildman–Crippen LogP) is 0.213. The van der Waals surface area contributed by atoms with E-state index in [2.05, 4.69) is 26.8 Å². The van der Waals surface area contributed by atoms with Crippen molar-refractivity contribution in [3.05, 3.63) is 11.6 Å². The van der Waals surface area contributed by atoms with E-state index in [0.717, 1.165) is 32.1 Å². The van der Waals surface area contributed by atoms with E-state index < -0.39 is 111 Å². The summed E-state index contributed by atoms with van der Waals surface area (Å²) < 4.78 is 49.9. The molecule has 0 bridgehead atoms. The number of aliphatic hydroxyl groups excluding tert-OH is 9. The minimum Gasteiger partial charge on any atom is -0.394 e. The Morgan fingerprint density at radius 3 is 1.98 bits per heavy atom. The maximum Gasteiger partial charge on any atom is 0.187 e. The van der Waals surface area contributed by atoms with Gasteiger partial charge >= 0.3 is 0 Å². The molecule has 9 aliphatic rings. The molecule has 3 saturated carbocycles. The Morgan fingerprint density at radius 1 is 0.710 bits per heavy atom. The molecule has 2 unspecified atom stereocenters. The molecule has 27 atom stereocenters. The fourth-order valence-corrected chi connectivity index (χ4v) is 14.0. The molecule has 0 radical (unpaired) electrons. The van der Waals surface area contributed by atoms with Crippen LogP contribution < -0.4 is 0 Å². The van der Waals surface area contributed by atoms with Crippen LogP contribution in [0.15, 0.2) is 11.6 Å². The van der Waals surface area contributed by atoms with Gasteiger partial charge in [-0.1, -0.05) is 39.3 Å². The summed E-state index contributed by atoms with van der Waals surface area (Å²) >= 11 is 0. The van der Waals surface area contributed by atoms with Gasteiger partial charge < -0.3 is 83.9 Å². The van der Waals surface area contributed by atoms with Crippen LogP contribution in [0.25, 0.3) is 0 Å². The first-order valence-electron chi connectivity index (χ1n) is 23.3. The van der Waals surface area contributed by atoms with Crippen molar-refractivity contribution in [2.24, 2.45) is 46.3 Å². The third-order valence-corrected chi connectivity index (χ3v) is 17.8. The van der Waals surface area contributed by atoms with Gasteiger partial charge in [0.15, 0.2) is 24.7 Å². The van der Waals surface area contributed by atoms with Crippen LogP contribution in [0.3, 0.4) is 0 Å². The van der Waals surface area contributed by atoms with Gasteiger partial charge in [0.1, 0.15) is 61.0 Å². The normalized spacial score (nSPS) is 58.9. The number of ether oxygens (including phenoxy) is 8. The second-order valence-electron chi connectivity index (χ2n) is 21.2. The van der Waals surface area contributed by atoms with E-state index in [0.29, 0.717) is 49.5 Å². The first-order valence-corrected chi connectivity index (χ1v) is 23.3. The minimum atomic E-state index is -1.72. The standard InChI is InChI=1S/C45H72O17/c1-18-17-55-45(15-27(18)47)19(2)30-28(62-45)14-26-24-8-7-22-13-23(9-11-43(22,5)25(24)10-12-44(26,30)6)58-42-39(61-41-36(53)34(51)32(49)21(4)57-41)37(54)38(29(16-46)59-42)60-40-35(52)33(50)31(48)20(3)56-40/h7,18-21,23-42,46-54H,8-17H2,1-6H3/t18?,19-,20-,21-,23-,24+,25-,26-,27?,28-,29+,30-,31-,32-,33+,34+,35+,36+,37-,38+,39+,40+,41+,42+,43-,44-,45+/m0/s1. The summed E-state index contributed by atoms with van der Waals surface area (Å²) in [5.74, 6) is 1.42. The SMILES string of the molecule is CC1CO[C@]2(CC1O)O[C@H]1C[C@H]3[C@@H]4CC=C5C[C@@H](O[C@@H]6O[C@H](CO)[C@@H](O[C@H]7O[C@@H](C)[C@H](O)[C@@H](O)[C@H]7O)[C@H](O)[C@H]6O[C@H]6O[C@@H](C)[C@H](O)[C@@H](O)[C@H]6O)CC[C@]5(C)[C@H]4CC[C@]3(C)[C@H]1[C@@H]2C. The van der Waals surface area contributed by atoms with Crippen LogP contribution in [0.1, 0.15) is 92.9 Å². The summed E-state index contributed by atoms with van der Waals surface area (Å²) in [4.78, 5) is 0. The van der Waals surface area contributed by atoms with Gasteiger partial charge in [0, 0.05) is 18.3 Å². The van der Waals surface area contributed by atoms with Crippen LogP contribution in [0.4, 0.5) is 0 Å². The van der Waals surface area contributed by atoms with Crippen molar-refractivity contribution >= 4 is 0 Å².